The van der Waals surface area contributed by atoms with Gasteiger partial charge >= 0.3 is 12.1 Å². The number of benzene rings is 1. The highest BCUT2D eigenvalue weighted by atomic mass is 32.1. The van der Waals surface area contributed by atoms with E-state index < -0.39 is 42.3 Å². The Morgan fingerprint density at radius 3 is 2.70 bits per heavy atom. The number of rotatable bonds is 7. The van der Waals surface area contributed by atoms with Crippen molar-refractivity contribution in [2.24, 2.45) is 23.2 Å². The van der Waals surface area contributed by atoms with Gasteiger partial charge in [-0.1, -0.05) is 19.9 Å². The maximum Gasteiger partial charge on any atom is 0.406 e. The summed E-state index contributed by atoms with van der Waals surface area (Å²) in [5, 5.41) is 7.51. The van der Waals surface area contributed by atoms with Crippen LogP contribution in [0.4, 0.5) is 18.9 Å². The monoisotopic (exact) mass is 934 g/mol. The van der Waals surface area contributed by atoms with Gasteiger partial charge in [-0.2, -0.15) is 13.2 Å². The minimum absolute atomic E-state index is 0.0576. The van der Waals surface area contributed by atoms with Crippen molar-refractivity contribution in [3.8, 4) is 22.5 Å². The van der Waals surface area contributed by atoms with E-state index >= 15 is 13.2 Å². The number of amides is 2. The fourth-order valence-corrected chi connectivity index (χ4v) is 11.5. The third-order valence-electron chi connectivity index (χ3n) is 14.3. The molecule has 19 heteroatoms. The molecular formula is C47H57F3N8O7S. The molecule has 0 spiro atoms. The molecule has 0 unspecified atom stereocenters. The van der Waals surface area contributed by atoms with Crippen LogP contribution in [-0.2, 0) is 52.7 Å². The first-order chi connectivity index (χ1) is 31.6. The molecule has 2 amide bonds. The van der Waals surface area contributed by atoms with Gasteiger partial charge in [-0.25, -0.2) is 10.4 Å². The molecule has 0 radical (unpaired) electrons. The number of hydrogen-bond donors (Lipinski definition) is 2. The van der Waals surface area contributed by atoms with Gasteiger partial charge in [0.2, 0.25) is 5.91 Å². The fourth-order valence-electron chi connectivity index (χ4n) is 10.7. The molecule has 7 atom stereocenters. The van der Waals surface area contributed by atoms with Gasteiger partial charge in [-0.3, -0.25) is 29.3 Å². The number of pyridine rings is 1. The number of hydrazine groups is 1. The Hall–Kier alpha value is -4.66. The molecule has 10 rings (SSSR count). The number of ether oxygens (including phenoxy) is 4. The number of aromatic nitrogens is 3. The van der Waals surface area contributed by atoms with E-state index in [1.807, 2.05) is 38.3 Å². The summed E-state index contributed by atoms with van der Waals surface area (Å²) in [6.07, 6.45) is -2.10. The summed E-state index contributed by atoms with van der Waals surface area (Å²) in [6, 6.07) is 5.72. The predicted molar refractivity (Wildman–Crippen MR) is 239 cm³/mol. The molecule has 3 aromatic heterocycles. The summed E-state index contributed by atoms with van der Waals surface area (Å²) in [5.74, 6) is -1.08. The van der Waals surface area contributed by atoms with Gasteiger partial charge in [0.1, 0.15) is 18.6 Å². The van der Waals surface area contributed by atoms with Gasteiger partial charge in [0.05, 0.1) is 79.2 Å². The molecule has 1 aliphatic carbocycles. The van der Waals surface area contributed by atoms with Crippen molar-refractivity contribution < 1.29 is 46.5 Å². The number of methoxy groups -OCH3 is 1. The summed E-state index contributed by atoms with van der Waals surface area (Å²) < 4.78 is 69.6. The molecule has 5 aliphatic heterocycles. The van der Waals surface area contributed by atoms with Crippen LogP contribution in [0.15, 0.2) is 35.8 Å². The van der Waals surface area contributed by atoms with E-state index in [1.165, 1.54) is 20.9 Å². The zero-order valence-electron chi connectivity index (χ0n) is 37.7. The summed E-state index contributed by atoms with van der Waals surface area (Å²) in [5.41, 5.74) is 6.78. The molecule has 4 aromatic rings. The zero-order chi connectivity index (χ0) is 46.1. The number of fused-ring (bicyclic) bond motifs is 8. The van der Waals surface area contributed by atoms with Crippen LogP contribution < -0.4 is 15.6 Å². The Morgan fingerprint density at radius 2 is 1.91 bits per heavy atom. The Bertz CT molecular complexity index is 2500. The van der Waals surface area contributed by atoms with Gasteiger partial charge in [0.15, 0.2) is 0 Å². The van der Waals surface area contributed by atoms with Crippen LogP contribution in [0.3, 0.4) is 0 Å². The molecule has 6 bridgehead atoms. The van der Waals surface area contributed by atoms with Crippen LogP contribution >= 0.6 is 11.3 Å². The number of alkyl halides is 3. The number of anilines is 1. The number of carbonyl (C=O) groups is 3. The van der Waals surface area contributed by atoms with E-state index in [2.05, 4.69) is 20.5 Å². The number of halogens is 3. The Morgan fingerprint density at radius 1 is 1.09 bits per heavy atom. The Kier molecular flexibility index (Phi) is 12.2. The summed E-state index contributed by atoms with van der Waals surface area (Å²) in [6.45, 7) is 10.1. The number of nitrogens with one attached hydrogen (secondary N) is 2. The average Bonchev–Trinajstić information content (AvgIpc) is 3.61. The van der Waals surface area contributed by atoms with E-state index in [-0.39, 0.29) is 55.1 Å². The van der Waals surface area contributed by atoms with Crippen molar-refractivity contribution in [3.05, 3.63) is 52.1 Å². The number of esters is 1. The molecule has 5 fully saturated rings. The Labute approximate surface area is 385 Å². The van der Waals surface area contributed by atoms with Crippen LogP contribution in [0, 0.1) is 23.2 Å². The third kappa shape index (κ3) is 8.94. The van der Waals surface area contributed by atoms with E-state index in [1.54, 1.807) is 25.4 Å². The minimum atomic E-state index is -4.59. The van der Waals surface area contributed by atoms with Crippen LogP contribution in [0.2, 0.25) is 0 Å². The number of morpholine rings is 1. The smallest absolute Gasteiger partial charge is 0.406 e. The topological polar surface area (TPSA) is 153 Å². The molecule has 2 N–H and O–H groups in total. The van der Waals surface area contributed by atoms with E-state index in [4.69, 9.17) is 28.9 Å². The van der Waals surface area contributed by atoms with E-state index in [0.29, 0.717) is 102 Å². The lowest BCUT2D eigenvalue weighted by atomic mass is 9.84. The van der Waals surface area contributed by atoms with Crippen molar-refractivity contribution in [3.63, 3.8) is 0 Å². The normalized spacial score (nSPS) is 27.5. The molecule has 4 saturated heterocycles. The maximum atomic E-state index is 15.0. The van der Waals surface area contributed by atoms with Gasteiger partial charge in [0, 0.05) is 85.0 Å². The second-order valence-corrected chi connectivity index (χ2v) is 20.5. The zero-order valence-corrected chi connectivity index (χ0v) is 38.5. The lowest BCUT2D eigenvalue weighted by Gasteiger charge is -2.44. The number of cyclic esters (lactones) is 1. The number of nitrogens with zero attached hydrogens (tertiary/aromatic N) is 6. The third-order valence-corrected chi connectivity index (χ3v) is 15.2. The van der Waals surface area contributed by atoms with Crippen molar-refractivity contribution in [2.45, 2.75) is 83.4 Å². The molecule has 6 aliphatic rings. The first kappa shape index (κ1) is 45.1. The largest absolute Gasteiger partial charge is 0.464 e. The van der Waals surface area contributed by atoms with Gasteiger partial charge in [0.25, 0.3) is 5.91 Å². The maximum absolute atomic E-state index is 15.0. The van der Waals surface area contributed by atoms with Crippen molar-refractivity contribution in [1.29, 1.82) is 0 Å². The second kappa shape index (κ2) is 17.8. The van der Waals surface area contributed by atoms with Crippen LogP contribution in [0.25, 0.3) is 33.4 Å². The first-order valence-corrected chi connectivity index (χ1v) is 23.9. The summed E-state index contributed by atoms with van der Waals surface area (Å²) >= 11 is 1.34. The van der Waals surface area contributed by atoms with Crippen molar-refractivity contribution in [1.82, 2.24) is 35.2 Å². The molecule has 1 saturated carbocycles. The number of carbonyl (C=O) groups excluding carboxylic acids is 3. The molecule has 66 heavy (non-hydrogen) atoms. The van der Waals surface area contributed by atoms with Gasteiger partial charge < -0.3 is 33.7 Å². The molecular weight excluding hydrogens is 878 g/mol. The van der Waals surface area contributed by atoms with Crippen LogP contribution in [0.1, 0.15) is 56.0 Å². The SMILES string of the molecule is CO[C@@H](C)c1ncc(N2CCN3CCOC[C@@H]3C2)cc1-c1c2c3cc(ccc3n1CC(F)(F)F)-c1csc(n1)C[C@H](NC(=O)[C@H]1[C@@H]3COC[C@@H]31)C(=O)N1CCC[C@H](N1)C(=O)OCC(C)(C)C2. The molecule has 354 valence electrons. The standard InChI is InChI=1S/C47H57F3N8O7S/c1-26(62-4)41-31(15-28(18-51-41)56-11-10-55-12-13-63-20-29(55)19-56)42-32-17-46(2,3)25-65-45(61)35-6-5-9-58(54-35)44(60)36(53-43(59)40-33-21-64-22-34(33)40)16-39-52-37(23-66-39)27-7-8-38(30(32)14-27)57(42)24-47(48,49)50/h7-8,14-15,18,23,26,29,33-36,40,54H,5-6,9-13,16-17,19-22,24-25H2,1-4H3,(H,53,59)/t26-,29-,33-,34+,35-,36-,40+/m0/s1. The highest BCUT2D eigenvalue weighted by Crippen LogP contribution is 2.51. The highest BCUT2D eigenvalue weighted by molar-refractivity contribution is 7.10. The molecule has 8 heterocycles. The number of thiazole rings is 1. The lowest BCUT2D eigenvalue weighted by Crippen LogP contribution is -2.60. The Balaban J connectivity index is 1.10. The van der Waals surface area contributed by atoms with E-state index in [9.17, 15) is 14.4 Å². The predicted octanol–water partition coefficient (Wildman–Crippen LogP) is 5.16. The van der Waals surface area contributed by atoms with Crippen LogP contribution in [0.5, 0.6) is 0 Å². The van der Waals surface area contributed by atoms with Crippen molar-refractivity contribution >= 4 is 45.7 Å². The minimum Gasteiger partial charge on any atom is -0.464 e. The van der Waals surface area contributed by atoms with Gasteiger partial charge in [-0.15, -0.1) is 11.3 Å². The number of hydrogen-bond acceptors (Lipinski definition) is 13. The van der Waals surface area contributed by atoms with Crippen molar-refractivity contribution in [2.75, 3.05) is 77.8 Å². The average molecular weight is 935 g/mol. The highest BCUT2D eigenvalue weighted by Gasteiger charge is 2.58. The first-order valence-electron chi connectivity index (χ1n) is 23.0. The number of piperazine rings is 1. The molecule has 15 nitrogen and oxygen atoms in total. The van der Waals surface area contributed by atoms with Gasteiger partial charge in [-0.05, 0) is 61.8 Å². The van der Waals surface area contributed by atoms with Crippen LogP contribution in [-0.4, -0.2) is 139 Å². The molecule has 1 aromatic carbocycles. The quantitative estimate of drug-likeness (QED) is 0.236. The second-order valence-electron chi connectivity index (χ2n) is 19.5. The summed E-state index contributed by atoms with van der Waals surface area (Å²) in [7, 11) is 1.56. The fraction of sp³-hybridized carbons (Fsp3) is 0.596. The summed E-state index contributed by atoms with van der Waals surface area (Å²) in [4.78, 5) is 56.4. The lowest BCUT2D eigenvalue weighted by molar-refractivity contribution is -0.155. The van der Waals surface area contributed by atoms with E-state index in [0.717, 1.165) is 25.3 Å².